The van der Waals surface area contributed by atoms with Gasteiger partial charge >= 0.3 is 11.9 Å². The maximum atomic E-state index is 12.9. The molecule has 0 spiro atoms. The predicted octanol–water partition coefficient (Wildman–Crippen LogP) is 12.7. The van der Waals surface area contributed by atoms with Crippen molar-refractivity contribution in [2.75, 3.05) is 19.0 Å². The Bertz CT molecular complexity index is 1430. The quantitative estimate of drug-likeness (QED) is 0.0196. The lowest BCUT2D eigenvalue weighted by atomic mass is 10.00. The van der Waals surface area contributed by atoms with Crippen LogP contribution < -0.4 is 0 Å². The van der Waals surface area contributed by atoms with Crippen LogP contribution in [0.2, 0.25) is 0 Å². The van der Waals surface area contributed by atoms with E-state index < -0.39 is 71.2 Å². The highest BCUT2D eigenvalue weighted by Gasteiger charge is 2.46. The van der Waals surface area contributed by atoms with Crippen molar-refractivity contribution in [3.63, 3.8) is 0 Å². The number of aliphatic hydroxyl groups is 3. The van der Waals surface area contributed by atoms with Gasteiger partial charge in [-0.05, 0) is 70.6 Å². The molecule has 6 atom stereocenters. The average Bonchev–Trinajstić information content (AvgIpc) is 3.31. The first-order chi connectivity index (χ1) is 33.0. The number of carbonyl (C=O) groups excluding carboxylic acids is 2. The lowest BCUT2D eigenvalue weighted by Crippen LogP contribution is -2.60. The molecule has 1 saturated heterocycles. The molecule has 0 aliphatic carbocycles. The van der Waals surface area contributed by atoms with Crippen molar-refractivity contribution in [1.29, 1.82) is 0 Å². The van der Waals surface area contributed by atoms with E-state index in [1.165, 1.54) is 148 Å². The lowest BCUT2D eigenvalue weighted by Gasteiger charge is -2.40. The van der Waals surface area contributed by atoms with Crippen LogP contribution in [0.25, 0.3) is 0 Å². The van der Waals surface area contributed by atoms with Gasteiger partial charge < -0.3 is 34.3 Å². The second kappa shape index (κ2) is 44.5. The van der Waals surface area contributed by atoms with Gasteiger partial charge in [-0.1, -0.05) is 197 Å². The molecule has 0 aromatic heterocycles. The number of unbranched alkanes of at least 4 members (excludes halogenated alkanes) is 26. The molecular formula is C55H98O12S. The van der Waals surface area contributed by atoms with Crippen molar-refractivity contribution < 1.29 is 56.8 Å². The van der Waals surface area contributed by atoms with Gasteiger partial charge in [0.15, 0.2) is 12.4 Å². The van der Waals surface area contributed by atoms with Gasteiger partial charge in [0.05, 0.1) is 6.61 Å². The molecular weight excluding hydrogens is 885 g/mol. The summed E-state index contributed by atoms with van der Waals surface area (Å²) in [6, 6.07) is 0. The van der Waals surface area contributed by atoms with E-state index in [-0.39, 0.29) is 19.4 Å². The topological polar surface area (TPSA) is 186 Å². The van der Waals surface area contributed by atoms with Crippen molar-refractivity contribution in [2.45, 2.75) is 269 Å². The largest absolute Gasteiger partial charge is 0.462 e. The zero-order valence-corrected chi connectivity index (χ0v) is 43.5. The minimum absolute atomic E-state index is 0.0958. The fraction of sp³-hybridized carbons (Fsp3) is 0.818. The molecule has 0 saturated carbocycles. The smallest absolute Gasteiger partial charge is 0.306 e. The Morgan fingerprint density at radius 1 is 0.500 bits per heavy atom. The highest BCUT2D eigenvalue weighted by atomic mass is 32.2. The SMILES string of the molecule is CCCCCCCCCCC/C=C/C/C=C/CCCC(=O)OC[C@H](CO[C@H]1O[C@H](CS(=O)(=O)O)[C@@H](O)C(O)C1O)OC(=O)CCC/C=C/CC/C=C/CCCCCCCCCCCCCCCC. The molecule has 1 aliphatic rings. The van der Waals surface area contributed by atoms with Crippen LogP contribution in [-0.4, -0.2) is 96.0 Å². The monoisotopic (exact) mass is 983 g/mol. The van der Waals surface area contributed by atoms with Crippen LogP contribution in [0.3, 0.4) is 0 Å². The Hall–Kier alpha value is -2.39. The summed E-state index contributed by atoms with van der Waals surface area (Å²) < 4.78 is 54.2. The van der Waals surface area contributed by atoms with E-state index >= 15 is 0 Å². The second-order valence-corrected chi connectivity index (χ2v) is 20.4. The standard InChI is InChI=1S/C55H98O12S/c1-3-5-7-9-11-13-15-17-19-21-22-23-24-25-26-28-30-32-34-36-38-40-42-44-51(57)66-48(46-65-55-54(60)53(59)52(58)49(67-55)47-68(61,62)63)45-64-50(56)43-41-39-37-35-33-31-29-27-20-18-16-14-12-10-8-6-4-2/h28-31,35-38,48-49,52-55,58-60H,3-27,32-34,39-47H2,1-2H3,(H,61,62,63)/b30-28+,31-29+,37-35+,38-36+/t48-,49-,52-,53?,54?,55+/m1/s1. The third-order valence-corrected chi connectivity index (χ3v) is 13.1. The van der Waals surface area contributed by atoms with Crippen molar-refractivity contribution in [3.8, 4) is 0 Å². The molecule has 396 valence electrons. The molecule has 2 unspecified atom stereocenters. The van der Waals surface area contributed by atoms with E-state index in [1.54, 1.807) is 0 Å². The third kappa shape index (κ3) is 38.4. The minimum Gasteiger partial charge on any atom is -0.462 e. The van der Waals surface area contributed by atoms with Gasteiger partial charge in [0.2, 0.25) is 0 Å². The molecule has 0 radical (unpaired) electrons. The lowest BCUT2D eigenvalue weighted by molar-refractivity contribution is -0.297. The average molecular weight is 983 g/mol. The van der Waals surface area contributed by atoms with Crippen molar-refractivity contribution in [1.82, 2.24) is 0 Å². The van der Waals surface area contributed by atoms with Gasteiger partial charge in [-0.2, -0.15) is 8.42 Å². The summed E-state index contributed by atoms with van der Waals surface area (Å²) in [6.45, 7) is 3.73. The summed E-state index contributed by atoms with van der Waals surface area (Å²) in [5.74, 6) is -2.09. The van der Waals surface area contributed by atoms with Gasteiger partial charge in [-0.3, -0.25) is 14.1 Å². The van der Waals surface area contributed by atoms with Gasteiger partial charge in [-0.25, -0.2) is 0 Å². The number of aliphatic hydroxyl groups excluding tert-OH is 3. The first kappa shape index (κ1) is 63.6. The molecule has 1 aliphatic heterocycles. The number of allylic oxidation sites excluding steroid dienone is 8. The molecule has 1 heterocycles. The fourth-order valence-electron chi connectivity index (χ4n) is 8.15. The molecule has 13 heteroatoms. The van der Waals surface area contributed by atoms with Crippen LogP contribution in [0.1, 0.15) is 232 Å². The first-order valence-electron chi connectivity index (χ1n) is 27.2. The molecule has 0 amide bonds. The molecule has 0 bridgehead atoms. The summed E-state index contributed by atoms with van der Waals surface area (Å²) in [5, 5.41) is 31.0. The Morgan fingerprint density at radius 2 is 0.897 bits per heavy atom. The van der Waals surface area contributed by atoms with E-state index in [2.05, 4.69) is 50.3 Å². The van der Waals surface area contributed by atoms with Crippen LogP contribution in [0.5, 0.6) is 0 Å². The van der Waals surface area contributed by atoms with Gasteiger partial charge in [0, 0.05) is 12.8 Å². The van der Waals surface area contributed by atoms with Crippen LogP contribution in [0.4, 0.5) is 0 Å². The van der Waals surface area contributed by atoms with Gasteiger partial charge in [-0.15, -0.1) is 0 Å². The Morgan fingerprint density at radius 3 is 1.35 bits per heavy atom. The van der Waals surface area contributed by atoms with Crippen molar-refractivity contribution >= 4 is 22.1 Å². The first-order valence-corrected chi connectivity index (χ1v) is 28.8. The number of hydrogen-bond acceptors (Lipinski definition) is 11. The summed E-state index contributed by atoms with van der Waals surface area (Å²) in [7, 11) is -4.62. The third-order valence-electron chi connectivity index (χ3n) is 12.4. The molecule has 68 heavy (non-hydrogen) atoms. The van der Waals surface area contributed by atoms with Gasteiger partial charge in [0.1, 0.15) is 36.8 Å². The molecule has 1 rings (SSSR count). The summed E-state index contributed by atoms with van der Waals surface area (Å²) >= 11 is 0. The number of hydrogen-bond donors (Lipinski definition) is 4. The molecule has 12 nitrogen and oxygen atoms in total. The van der Waals surface area contributed by atoms with E-state index in [0.717, 1.165) is 32.1 Å². The maximum Gasteiger partial charge on any atom is 0.306 e. The summed E-state index contributed by atoms with van der Waals surface area (Å²) in [4.78, 5) is 25.5. The Balaban J connectivity index is 2.39. The molecule has 1 fully saturated rings. The van der Waals surface area contributed by atoms with Crippen molar-refractivity contribution in [2.24, 2.45) is 0 Å². The zero-order chi connectivity index (χ0) is 49.8. The number of ether oxygens (including phenoxy) is 4. The summed E-state index contributed by atoms with van der Waals surface area (Å²) in [5.41, 5.74) is 0. The van der Waals surface area contributed by atoms with E-state index in [9.17, 15) is 37.9 Å². The van der Waals surface area contributed by atoms with Crippen LogP contribution in [0, 0.1) is 0 Å². The minimum atomic E-state index is -4.62. The number of esters is 2. The summed E-state index contributed by atoms with van der Waals surface area (Å²) in [6.07, 6.45) is 46.1. The van der Waals surface area contributed by atoms with Crippen molar-refractivity contribution in [3.05, 3.63) is 48.6 Å². The predicted molar refractivity (Wildman–Crippen MR) is 275 cm³/mol. The highest BCUT2D eigenvalue weighted by Crippen LogP contribution is 2.24. The Kier molecular flexibility index (Phi) is 41.7. The van der Waals surface area contributed by atoms with Gasteiger partial charge in [0.25, 0.3) is 10.1 Å². The van der Waals surface area contributed by atoms with Crippen LogP contribution in [0.15, 0.2) is 48.6 Å². The normalized spacial score (nSPS) is 19.5. The highest BCUT2D eigenvalue weighted by molar-refractivity contribution is 7.85. The van der Waals surface area contributed by atoms with Crippen LogP contribution in [-0.2, 0) is 38.7 Å². The number of rotatable bonds is 46. The maximum absolute atomic E-state index is 12.9. The fourth-order valence-corrected chi connectivity index (χ4v) is 8.84. The zero-order valence-electron chi connectivity index (χ0n) is 42.7. The molecule has 0 aromatic rings. The number of carbonyl (C=O) groups is 2. The Labute approximate surface area is 413 Å². The van der Waals surface area contributed by atoms with Crippen LogP contribution >= 0.6 is 0 Å². The second-order valence-electron chi connectivity index (χ2n) is 18.9. The van der Waals surface area contributed by atoms with E-state index in [1.807, 2.05) is 12.2 Å². The van der Waals surface area contributed by atoms with E-state index in [0.29, 0.717) is 25.7 Å². The van der Waals surface area contributed by atoms with E-state index in [4.69, 9.17) is 18.9 Å². The molecule has 0 aromatic carbocycles. The molecule has 4 N–H and O–H groups in total.